The van der Waals surface area contributed by atoms with E-state index in [9.17, 15) is 0 Å². The van der Waals surface area contributed by atoms with Crippen molar-refractivity contribution in [2.75, 3.05) is 0 Å². The van der Waals surface area contributed by atoms with E-state index >= 15 is 0 Å². The van der Waals surface area contributed by atoms with Crippen LogP contribution in [0.5, 0.6) is 0 Å². The molecule has 0 nitrogen and oxygen atoms in total. The largest absolute Gasteiger partial charge is 0.113 e. The van der Waals surface area contributed by atoms with E-state index in [1.54, 1.807) is 0 Å². The summed E-state index contributed by atoms with van der Waals surface area (Å²) in [4.78, 5) is 0. The highest BCUT2D eigenvalue weighted by molar-refractivity contribution is 7.40. The molecule has 1 heteroatoms. The molecule has 0 aromatic heterocycles. The van der Waals surface area contributed by atoms with Crippen molar-refractivity contribution in [1.29, 1.82) is 0 Å². The Morgan fingerprint density at radius 1 is 1.22 bits per heavy atom. The molecule has 1 aliphatic rings. The van der Waals surface area contributed by atoms with Gasteiger partial charge in [0.2, 0.25) is 0 Å². The fraction of sp³-hybridized carbons (Fsp3) is 1.00. The molecule has 0 aromatic rings. The molecule has 0 aromatic carbocycles. The molecule has 1 aliphatic carbocycles. The average molecular weight is 144 g/mol. The summed E-state index contributed by atoms with van der Waals surface area (Å²) in [5.74, 6) is 0. The highest BCUT2D eigenvalue weighted by Crippen LogP contribution is 2.44. The zero-order valence-electron chi connectivity index (χ0n) is 6.70. The van der Waals surface area contributed by atoms with E-state index in [0.717, 1.165) is 5.66 Å². The minimum absolute atomic E-state index is 0.602. The highest BCUT2D eigenvalue weighted by atomic mass is 31.1. The van der Waals surface area contributed by atoms with Crippen molar-refractivity contribution in [3.05, 3.63) is 0 Å². The molecule has 0 spiro atoms. The zero-order valence-corrected chi connectivity index (χ0v) is 7.70. The summed E-state index contributed by atoms with van der Waals surface area (Å²) < 4.78 is 0. The first-order valence-electron chi connectivity index (χ1n) is 3.86. The topological polar surface area (TPSA) is 0 Å². The van der Waals surface area contributed by atoms with Crippen LogP contribution in [0.25, 0.3) is 0 Å². The molecular weight excluding hydrogens is 127 g/mol. The Hall–Kier alpha value is 0.430. The lowest BCUT2D eigenvalue weighted by Gasteiger charge is -2.32. The molecule has 1 rings (SSSR count). The van der Waals surface area contributed by atoms with Crippen LogP contribution in [-0.2, 0) is 0 Å². The lowest BCUT2D eigenvalue weighted by Crippen LogP contribution is -2.18. The fourth-order valence-electron chi connectivity index (χ4n) is 1.16. The minimum atomic E-state index is 0.602. The van der Waals surface area contributed by atoms with Gasteiger partial charge in [-0.3, -0.25) is 0 Å². The Labute approximate surface area is 60.2 Å². The minimum Gasteiger partial charge on any atom is -0.113 e. The van der Waals surface area contributed by atoms with Crippen LogP contribution in [0.1, 0.15) is 40.0 Å². The predicted molar refractivity (Wildman–Crippen MR) is 45.7 cm³/mol. The maximum absolute atomic E-state index is 2.35. The molecule has 0 amide bonds. The lowest BCUT2D eigenvalue weighted by atomic mass is 10.00. The molecule has 1 unspecified atom stereocenters. The summed E-state index contributed by atoms with van der Waals surface area (Å²) in [7, 11) is 1.20. The van der Waals surface area contributed by atoms with Crippen molar-refractivity contribution in [2.24, 2.45) is 0 Å². The quantitative estimate of drug-likeness (QED) is 0.496. The molecule has 54 valence electrons. The van der Waals surface area contributed by atoms with Gasteiger partial charge in [-0.25, -0.2) is 0 Å². The SMILES string of the molecule is CC(C)(C)PC1CCC1. The van der Waals surface area contributed by atoms with Crippen LogP contribution in [0.2, 0.25) is 0 Å². The Balaban J connectivity index is 2.16. The van der Waals surface area contributed by atoms with E-state index in [4.69, 9.17) is 0 Å². The van der Waals surface area contributed by atoms with E-state index in [1.807, 2.05) is 0 Å². The molecule has 1 saturated carbocycles. The molecule has 1 fully saturated rings. The Bertz CT molecular complexity index is 87.2. The maximum atomic E-state index is 2.35. The van der Waals surface area contributed by atoms with E-state index in [1.165, 1.54) is 27.8 Å². The van der Waals surface area contributed by atoms with Crippen LogP contribution in [0, 0.1) is 0 Å². The van der Waals surface area contributed by atoms with Crippen molar-refractivity contribution in [3.8, 4) is 0 Å². The summed E-state index contributed by atoms with van der Waals surface area (Å²) in [6, 6.07) is 0. The first-order valence-corrected chi connectivity index (χ1v) is 4.93. The van der Waals surface area contributed by atoms with Gasteiger partial charge in [0, 0.05) is 0 Å². The van der Waals surface area contributed by atoms with Gasteiger partial charge in [0.05, 0.1) is 0 Å². The van der Waals surface area contributed by atoms with Gasteiger partial charge in [-0.15, -0.1) is 8.58 Å². The van der Waals surface area contributed by atoms with Crippen LogP contribution in [0.15, 0.2) is 0 Å². The first-order chi connectivity index (χ1) is 4.08. The van der Waals surface area contributed by atoms with E-state index in [2.05, 4.69) is 20.8 Å². The zero-order chi connectivity index (χ0) is 6.91. The van der Waals surface area contributed by atoms with Crippen molar-refractivity contribution in [3.63, 3.8) is 0 Å². The van der Waals surface area contributed by atoms with Crippen molar-refractivity contribution < 1.29 is 0 Å². The van der Waals surface area contributed by atoms with Gasteiger partial charge >= 0.3 is 0 Å². The molecule has 0 heterocycles. The molecule has 0 N–H and O–H groups in total. The molecule has 0 bridgehead atoms. The van der Waals surface area contributed by atoms with Crippen molar-refractivity contribution in [1.82, 2.24) is 0 Å². The van der Waals surface area contributed by atoms with Crippen molar-refractivity contribution >= 4 is 8.58 Å². The third-order valence-corrected chi connectivity index (χ3v) is 3.59. The second-order valence-corrected chi connectivity index (χ2v) is 6.63. The third-order valence-electron chi connectivity index (χ3n) is 1.74. The number of hydrogen-bond donors (Lipinski definition) is 0. The molecular formula is C8H17P. The smallest absolute Gasteiger partial charge is 0.0204 e. The molecule has 0 aliphatic heterocycles. The summed E-state index contributed by atoms with van der Waals surface area (Å²) in [5, 5.41) is 0.602. The van der Waals surface area contributed by atoms with Gasteiger partial charge in [0.25, 0.3) is 0 Å². The highest BCUT2D eigenvalue weighted by Gasteiger charge is 2.22. The van der Waals surface area contributed by atoms with Crippen LogP contribution in [0.3, 0.4) is 0 Å². The lowest BCUT2D eigenvalue weighted by molar-refractivity contribution is 0.511. The normalized spacial score (nSPS) is 23.0. The van der Waals surface area contributed by atoms with Gasteiger partial charge < -0.3 is 0 Å². The molecule has 0 radical (unpaired) electrons. The van der Waals surface area contributed by atoms with Crippen LogP contribution < -0.4 is 0 Å². The maximum Gasteiger partial charge on any atom is -0.0204 e. The van der Waals surface area contributed by atoms with Gasteiger partial charge in [-0.2, -0.15) is 0 Å². The number of rotatable bonds is 1. The van der Waals surface area contributed by atoms with Crippen LogP contribution >= 0.6 is 8.58 Å². The fourth-order valence-corrected chi connectivity index (χ4v) is 3.09. The van der Waals surface area contributed by atoms with E-state index in [-0.39, 0.29) is 0 Å². The van der Waals surface area contributed by atoms with Gasteiger partial charge in [0.15, 0.2) is 0 Å². The summed E-state index contributed by atoms with van der Waals surface area (Å²) in [6.45, 7) is 7.05. The Kier molecular flexibility index (Phi) is 2.16. The number of hydrogen-bond acceptors (Lipinski definition) is 0. The predicted octanol–water partition coefficient (Wildman–Crippen LogP) is 3.02. The summed E-state index contributed by atoms with van der Waals surface area (Å²) in [6.07, 6.45) is 4.51. The summed E-state index contributed by atoms with van der Waals surface area (Å²) in [5.41, 5.74) is 1.10. The third kappa shape index (κ3) is 2.67. The summed E-state index contributed by atoms with van der Waals surface area (Å²) >= 11 is 0. The Morgan fingerprint density at radius 2 is 1.78 bits per heavy atom. The Morgan fingerprint density at radius 3 is 1.89 bits per heavy atom. The van der Waals surface area contributed by atoms with E-state index in [0.29, 0.717) is 5.16 Å². The molecule has 0 saturated heterocycles. The second kappa shape index (κ2) is 2.58. The van der Waals surface area contributed by atoms with Gasteiger partial charge in [-0.05, 0) is 23.7 Å². The molecule has 9 heavy (non-hydrogen) atoms. The van der Waals surface area contributed by atoms with Crippen LogP contribution in [0.4, 0.5) is 0 Å². The standard InChI is InChI=1S/C8H17P/c1-8(2,3)9-7-5-4-6-7/h7,9H,4-6H2,1-3H3. The van der Waals surface area contributed by atoms with Crippen molar-refractivity contribution in [2.45, 2.75) is 50.8 Å². The second-order valence-electron chi connectivity index (χ2n) is 4.02. The first kappa shape index (κ1) is 7.54. The molecule has 1 atom stereocenters. The van der Waals surface area contributed by atoms with Gasteiger partial charge in [0.1, 0.15) is 0 Å². The van der Waals surface area contributed by atoms with E-state index < -0.39 is 0 Å². The monoisotopic (exact) mass is 144 g/mol. The van der Waals surface area contributed by atoms with Gasteiger partial charge in [-0.1, -0.05) is 27.2 Å². The average Bonchev–Trinajstić information content (AvgIpc) is 1.53. The van der Waals surface area contributed by atoms with Crippen LogP contribution in [-0.4, -0.2) is 10.8 Å².